The number of amides is 2. The van der Waals surface area contributed by atoms with Crippen molar-refractivity contribution in [3.8, 4) is 17.2 Å². The predicted octanol–water partition coefficient (Wildman–Crippen LogP) is 5.97. The van der Waals surface area contributed by atoms with Gasteiger partial charge in [-0.25, -0.2) is 9.18 Å². The third kappa shape index (κ3) is 6.64. The van der Waals surface area contributed by atoms with Crippen molar-refractivity contribution in [2.45, 2.75) is 19.1 Å². The highest BCUT2D eigenvalue weighted by molar-refractivity contribution is 7.99. The maximum Gasteiger partial charge on any atom is 0.573 e. The van der Waals surface area contributed by atoms with Gasteiger partial charge in [-0.2, -0.15) is 24.9 Å². The van der Waals surface area contributed by atoms with E-state index >= 15 is 4.39 Å². The number of alkyl halides is 6. The lowest BCUT2D eigenvalue weighted by atomic mass is 10.1. The average Bonchev–Trinajstić information content (AvgIpc) is 3.34. The topological polar surface area (TPSA) is 71.7 Å². The summed E-state index contributed by atoms with van der Waals surface area (Å²) in [6.07, 6.45) is -9.83. The van der Waals surface area contributed by atoms with Gasteiger partial charge in [-0.15, -0.1) is 23.4 Å². The van der Waals surface area contributed by atoms with Crippen molar-refractivity contribution >= 4 is 23.5 Å². The molecule has 0 bridgehead atoms. The third-order valence-corrected chi connectivity index (χ3v) is 6.11. The molecule has 3 aromatic rings. The zero-order chi connectivity index (χ0) is 26.8. The number of carbonyl (C=O) groups excluding carboxylic acids is 1. The van der Waals surface area contributed by atoms with Crippen molar-refractivity contribution in [2.75, 3.05) is 29.5 Å². The first-order valence-electron chi connectivity index (χ1n) is 10.6. The summed E-state index contributed by atoms with van der Waals surface area (Å²) in [7, 11) is 0. The van der Waals surface area contributed by atoms with E-state index in [1.807, 2.05) is 0 Å². The van der Waals surface area contributed by atoms with Gasteiger partial charge < -0.3 is 14.1 Å². The fourth-order valence-corrected chi connectivity index (χ4v) is 4.38. The van der Waals surface area contributed by atoms with Crippen LogP contribution in [0.1, 0.15) is 11.5 Å². The van der Waals surface area contributed by atoms with Gasteiger partial charge in [0.15, 0.2) is 0 Å². The van der Waals surface area contributed by atoms with Crippen LogP contribution >= 0.6 is 11.8 Å². The number of anilines is 1. The van der Waals surface area contributed by atoms with Gasteiger partial charge in [-0.3, -0.25) is 4.90 Å². The van der Waals surface area contributed by atoms with Crippen LogP contribution in [0, 0.1) is 5.82 Å². The number of urea groups is 1. The number of benzene rings is 2. The summed E-state index contributed by atoms with van der Waals surface area (Å²) < 4.78 is 99.9. The fraction of sp³-hybridized carbons (Fsp3) is 0.318. The molecule has 7 nitrogen and oxygen atoms in total. The molecule has 2 amide bonds. The minimum Gasteiger partial charge on any atom is -0.413 e. The first-order valence-corrected chi connectivity index (χ1v) is 11.8. The number of ether oxygens (including phenoxy) is 1. The standard InChI is InChI=1S/C22H17F7N4O3S/c23-17-10-13(18-30-31-19(35-18)21(24,25)26)4-5-14(17)12-33(20(34)32-6-8-37-9-7-32)15-2-1-3-16(11-15)36-22(27,28)29/h1-5,10-11H,6-9,12H2. The molecule has 0 spiro atoms. The first-order chi connectivity index (χ1) is 17.4. The number of carbonyl (C=O) groups is 1. The van der Waals surface area contributed by atoms with E-state index in [1.54, 1.807) is 11.8 Å². The van der Waals surface area contributed by atoms with Gasteiger partial charge in [0.05, 0.1) is 6.54 Å². The van der Waals surface area contributed by atoms with Crippen molar-refractivity contribution in [2.24, 2.45) is 0 Å². The van der Waals surface area contributed by atoms with E-state index in [0.717, 1.165) is 23.1 Å². The van der Waals surface area contributed by atoms with E-state index in [1.165, 1.54) is 29.2 Å². The summed E-state index contributed by atoms with van der Waals surface area (Å²) in [6.45, 7) is 0.388. The van der Waals surface area contributed by atoms with Gasteiger partial charge in [0, 0.05) is 47.5 Å². The lowest BCUT2D eigenvalue weighted by Gasteiger charge is -2.33. The largest absolute Gasteiger partial charge is 0.573 e. The number of halogens is 7. The van der Waals surface area contributed by atoms with Crippen LogP contribution in [0.4, 0.5) is 41.2 Å². The SMILES string of the molecule is O=C(N1CCSCC1)N(Cc1ccc(-c2nnc(C(F)(F)F)o2)cc1F)c1cccc(OC(F)(F)F)c1. The van der Waals surface area contributed by atoms with E-state index in [0.29, 0.717) is 24.6 Å². The van der Waals surface area contributed by atoms with Gasteiger partial charge in [0.25, 0.3) is 0 Å². The average molecular weight is 550 g/mol. The molecule has 1 saturated heterocycles. The third-order valence-electron chi connectivity index (χ3n) is 5.17. The van der Waals surface area contributed by atoms with Crippen molar-refractivity contribution in [3.05, 3.63) is 59.7 Å². The molecule has 4 rings (SSSR count). The van der Waals surface area contributed by atoms with Crippen LogP contribution in [0.2, 0.25) is 0 Å². The maximum absolute atomic E-state index is 15.0. The van der Waals surface area contributed by atoms with Crippen LogP contribution in [0.5, 0.6) is 5.75 Å². The van der Waals surface area contributed by atoms with Gasteiger partial charge in [0.2, 0.25) is 5.89 Å². The van der Waals surface area contributed by atoms with E-state index < -0.39 is 41.9 Å². The summed E-state index contributed by atoms with van der Waals surface area (Å²) in [5.74, 6) is -2.31. The quantitative estimate of drug-likeness (QED) is 0.365. The summed E-state index contributed by atoms with van der Waals surface area (Å²) in [4.78, 5) is 15.9. The molecule has 0 aliphatic carbocycles. The predicted molar refractivity (Wildman–Crippen MR) is 118 cm³/mol. The highest BCUT2D eigenvalue weighted by Crippen LogP contribution is 2.32. The Morgan fingerprint density at radius 3 is 2.41 bits per heavy atom. The van der Waals surface area contributed by atoms with Crippen molar-refractivity contribution in [3.63, 3.8) is 0 Å². The monoisotopic (exact) mass is 550 g/mol. The molecule has 1 aromatic heterocycles. The lowest BCUT2D eigenvalue weighted by Crippen LogP contribution is -2.46. The van der Waals surface area contributed by atoms with Crippen LogP contribution in [-0.4, -0.2) is 52.1 Å². The molecule has 0 atom stereocenters. The number of nitrogens with zero attached hydrogens (tertiary/aromatic N) is 4. The van der Waals surface area contributed by atoms with Crippen molar-refractivity contribution in [1.29, 1.82) is 0 Å². The number of thioether (sulfide) groups is 1. The van der Waals surface area contributed by atoms with Crippen molar-refractivity contribution in [1.82, 2.24) is 15.1 Å². The molecule has 2 heterocycles. The molecule has 1 aliphatic heterocycles. The van der Waals surface area contributed by atoms with Crippen LogP contribution in [-0.2, 0) is 12.7 Å². The molecule has 0 N–H and O–H groups in total. The molecule has 0 unspecified atom stereocenters. The Morgan fingerprint density at radius 1 is 1.05 bits per heavy atom. The molecular formula is C22H17F7N4O3S. The molecule has 15 heteroatoms. The highest BCUT2D eigenvalue weighted by Gasteiger charge is 2.38. The molecule has 1 fully saturated rings. The summed E-state index contributed by atoms with van der Waals surface area (Å²) in [5.41, 5.74) is -0.155. The lowest BCUT2D eigenvalue weighted by molar-refractivity contribution is -0.274. The Balaban J connectivity index is 1.64. The molecular weight excluding hydrogens is 533 g/mol. The normalized spacial score (nSPS) is 14.5. The number of hydrogen-bond acceptors (Lipinski definition) is 6. The first kappa shape index (κ1) is 26.6. The van der Waals surface area contributed by atoms with Gasteiger partial charge >= 0.3 is 24.5 Å². The van der Waals surface area contributed by atoms with Crippen LogP contribution in [0.25, 0.3) is 11.5 Å². The minimum absolute atomic E-state index is 0.0279. The Hall–Kier alpha value is -3.49. The van der Waals surface area contributed by atoms with E-state index in [-0.39, 0.29) is 23.4 Å². The van der Waals surface area contributed by atoms with E-state index in [9.17, 15) is 31.1 Å². The van der Waals surface area contributed by atoms with Gasteiger partial charge in [-0.05, 0) is 24.3 Å². The summed E-state index contributed by atoms with van der Waals surface area (Å²) in [6, 6.07) is 7.46. The molecule has 1 aliphatic rings. The number of aromatic nitrogens is 2. The van der Waals surface area contributed by atoms with Crippen LogP contribution in [0.3, 0.4) is 0 Å². The minimum atomic E-state index is -4.96. The zero-order valence-electron chi connectivity index (χ0n) is 18.6. The van der Waals surface area contributed by atoms with Crippen LogP contribution < -0.4 is 9.64 Å². The van der Waals surface area contributed by atoms with Crippen molar-refractivity contribution < 1.29 is 44.7 Å². The van der Waals surface area contributed by atoms with Crippen LogP contribution in [0.15, 0.2) is 46.9 Å². The van der Waals surface area contributed by atoms with Gasteiger partial charge in [-0.1, -0.05) is 12.1 Å². The van der Waals surface area contributed by atoms with E-state index in [2.05, 4.69) is 19.4 Å². The Morgan fingerprint density at radius 2 is 1.78 bits per heavy atom. The van der Waals surface area contributed by atoms with Gasteiger partial charge in [0.1, 0.15) is 11.6 Å². The Labute approximate surface area is 209 Å². The summed E-state index contributed by atoms with van der Waals surface area (Å²) >= 11 is 1.63. The Kier molecular flexibility index (Phi) is 7.52. The molecule has 37 heavy (non-hydrogen) atoms. The second-order valence-electron chi connectivity index (χ2n) is 7.73. The smallest absolute Gasteiger partial charge is 0.413 e. The molecule has 0 saturated carbocycles. The summed E-state index contributed by atoms with van der Waals surface area (Å²) in [5, 5.41) is 6.17. The molecule has 198 valence electrons. The number of hydrogen-bond donors (Lipinski definition) is 0. The maximum atomic E-state index is 15.0. The zero-order valence-corrected chi connectivity index (χ0v) is 19.5. The van der Waals surface area contributed by atoms with E-state index in [4.69, 9.17) is 0 Å². The molecule has 2 aromatic carbocycles. The fourth-order valence-electron chi connectivity index (χ4n) is 3.48. The number of rotatable bonds is 5. The Bertz CT molecular complexity index is 1260. The highest BCUT2D eigenvalue weighted by atomic mass is 32.2. The second kappa shape index (κ2) is 10.5. The molecule has 0 radical (unpaired) electrons. The second-order valence-corrected chi connectivity index (χ2v) is 8.95.